The van der Waals surface area contributed by atoms with Gasteiger partial charge in [-0.1, -0.05) is 52.0 Å². The lowest BCUT2D eigenvalue weighted by atomic mass is 9.87. The SMILES string of the molecule is COC(=O)C1(c2ccc(CC(C)C)cc2)CC1(C)C. The highest BCUT2D eigenvalue weighted by molar-refractivity contribution is 5.88. The van der Waals surface area contributed by atoms with Crippen LogP contribution in [0.2, 0.25) is 0 Å². The number of hydrogen-bond donors (Lipinski definition) is 0. The molecule has 0 spiro atoms. The minimum atomic E-state index is -0.432. The zero-order valence-electron chi connectivity index (χ0n) is 12.6. The number of rotatable bonds is 4. The van der Waals surface area contributed by atoms with E-state index in [1.807, 2.05) is 0 Å². The summed E-state index contributed by atoms with van der Waals surface area (Å²) >= 11 is 0. The number of carbonyl (C=O) groups excluding carboxylic acids is 1. The quantitative estimate of drug-likeness (QED) is 0.771. The zero-order chi connectivity index (χ0) is 14.3. The highest BCUT2D eigenvalue weighted by atomic mass is 16.5. The van der Waals surface area contributed by atoms with E-state index in [0.717, 1.165) is 18.4 Å². The molecule has 1 aromatic carbocycles. The molecule has 104 valence electrons. The van der Waals surface area contributed by atoms with Crippen LogP contribution in [0.25, 0.3) is 0 Å². The van der Waals surface area contributed by atoms with Crippen LogP contribution < -0.4 is 0 Å². The van der Waals surface area contributed by atoms with Crippen LogP contribution in [0.15, 0.2) is 24.3 Å². The molecule has 1 aliphatic carbocycles. The van der Waals surface area contributed by atoms with E-state index in [4.69, 9.17) is 4.74 Å². The molecule has 0 N–H and O–H groups in total. The van der Waals surface area contributed by atoms with Gasteiger partial charge in [-0.25, -0.2) is 0 Å². The Kier molecular flexibility index (Phi) is 3.46. The van der Waals surface area contributed by atoms with Crippen molar-refractivity contribution in [3.63, 3.8) is 0 Å². The highest BCUT2D eigenvalue weighted by Crippen LogP contribution is 2.64. The molecule has 2 heteroatoms. The molecular formula is C17H24O2. The van der Waals surface area contributed by atoms with Gasteiger partial charge >= 0.3 is 5.97 Å². The Morgan fingerprint density at radius 1 is 1.26 bits per heavy atom. The van der Waals surface area contributed by atoms with Crippen molar-refractivity contribution >= 4 is 5.97 Å². The Labute approximate surface area is 116 Å². The van der Waals surface area contributed by atoms with Crippen molar-refractivity contribution in [2.45, 2.75) is 46.0 Å². The van der Waals surface area contributed by atoms with E-state index in [9.17, 15) is 4.79 Å². The second-order valence-electron chi connectivity index (χ2n) is 6.75. The summed E-state index contributed by atoms with van der Waals surface area (Å²) < 4.78 is 5.02. The highest BCUT2D eigenvalue weighted by Gasteiger charge is 2.68. The molecule has 0 amide bonds. The van der Waals surface area contributed by atoms with E-state index in [1.165, 1.54) is 12.7 Å². The van der Waals surface area contributed by atoms with E-state index in [1.54, 1.807) is 0 Å². The Morgan fingerprint density at radius 3 is 2.16 bits per heavy atom. The maximum absolute atomic E-state index is 12.2. The van der Waals surface area contributed by atoms with Crippen LogP contribution in [0.3, 0.4) is 0 Å². The van der Waals surface area contributed by atoms with Gasteiger partial charge < -0.3 is 4.74 Å². The molecular weight excluding hydrogens is 236 g/mol. The first-order chi connectivity index (χ1) is 8.83. The van der Waals surface area contributed by atoms with Crippen molar-refractivity contribution in [2.24, 2.45) is 11.3 Å². The molecule has 0 bridgehead atoms. The molecule has 1 unspecified atom stereocenters. The molecule has 0 heterocycles. The predicted molar refractivity (Wildman–Crippen MR) is 77.1 cm³/mol. The summed E-state index contributed by atoms with van der Waals surface area (Å²) in [6, 6.07) is 8.50. The van der Waals surface area contributed by atoms with Gasteiger partial charge in [0.15, 0.2) is 0 Å². The van der Waals surface area contributed by atoms with E-state index in [2.05, 4.69) is 52.0 Å². The van der Waals surface area contributed by atoms with Crippen LogP contribution in [0.4, 0.5) is 0 Å². The number of carbonyl (C=O) groups is 1. The molecule has 1 saturated carbocycles. The lowest BCUT2D eigenvalue weighted by Crippen LogP contribution is -2.27. The fourth-order valence-electron chi connectivity index (χ4n) is 3.15. The first-order valence-corrected chi connectivity index (χ1v) is 7.01. The first-order valence-electron chi connectivity index (χ1n) is 7.01. The smallest absolute Gasteiger partial charge is 0.316 e. The first kappa shape index (κ1) is 14.1. The molecule has 0 aliphatic heterocycles. The van der Waals surface area contributed by atoms with Crippen LogP contribution in [-0.2, 0) is 21.4 Å². The van der Waals surface area contributed by atoms with Crippen LogP contribution in [-0.4, -0.2) is 13.1 Å². The van der Waals surface area contributed by atoms with E-state index in [-0.39, 0.29) is 11.4 Å². The third-order valence-corrected chi connectivity index (χ3v) is 4.36. The summed E-state index contributed by atoms with van der Waals surface area (Å²) in [5, 5.41) is 0. The van der Waals surface area contributed by atoms with Gasteiger partial charge in [0.2, 0.25) is 0 Å². The van der Waals surface area contributed by atoms with Crippen molar-refractivity contribution in [3.8, 4) is 0 Å². The Balaban J connectivity index is 2.28. The molecule has 0 aromatic heterocycles. The van der Waals surface area contributed by atoms with Crippen molar-refractivity contribution in [2.75, 3.05) is 7.11 Å². The van der Waals surface area contributed by atoms with Crippen LogP contribution in [0.5, 0.6) is 0 Å². The molecule has 2 rings (SSSR count). The summed E-state index contributed by atoms with van der Waals surface area (Å²) in [5.74, 6) is 0.548. The maximum atomic E-state index is 12.2. The number of hydrogen-bond acceptors (Lipinski definition) is 2. The van der Waals surface area contributed by atoms with Crippen LogP contribution >= 0.6 is 0 Å². The van der Waals surface area contributed by atoms with E-state index >= 15 is 0 Å². The Hall–Kier alpha value is -1.31. The van der Waals surface area contributed by atoms with Crippen LogP contribution in [0, 0.1) is 11.3 Å². The topological polar surface area (TPSA) is 26.3 Å². The van der Waals surface area contributed by atoms with Gasteiger partial charge in [-0.05, 0) is 35.3 Å². The third kappa shape index (κ3) is 2.29. The van der Waals surface area contributed by atoms with Gasteiger partial charge in [0.05, 0.1) is 12.5 Å². The van der Waals surface area contributed by atoms with Crippen molar-refractivity contribution < 1.29 is 9.53 Å². The monoisotopic (exact) mass is 260 g/mol. The van der Waals surface area contributed by atoms with Gasteiger partial charge in [0, 0.05) is 0 Å². The summed E-state index contributed by atoms with van der Waals surface area (Å²) in [6.45, 7) is 8.69. The van der Waals surface area contributed by atoms with Gasteiger partial charge in [0.1, 0.15) is 0 Å². The van der Waals surface area contributed by atoms with Crippen LogP contribution in [0.1, 0.15) is 45.2 Å². The lowest BCUT2D eigenvalue weighted by molar-refractivity contribution is -0.144. The largest absolute Gasteiger partial charge is 0.468 e. The van der Waals surface area contributed by atoms with Crippen molar-refractivity contribution in [3.05, 3.63) is 35.4 Å². The number of methoxy groups -OCH3 is 1. The molecule has 2 nitrogen and oxygen atoms in total. The summed E-state index contributed by atoms with van der Waals surface area (Å²) in [6.07, 6.45) is 1.95. The average Bonchev–Trinajstić information content (AvgIpc) is 2.93. The minimum absolute atomic E-state index is 0.000339. The minimum Gasteiger partial charge on any atom is -0.468 e. The Bertz CT molecular complexity index is 471. The van der Waals surface area contributed by atoms with Crippen molar-refractivity contribution in [1.82, 2.24) is 0 Å². The number of benzene rings is 1. The number of ether oxygens (including phenoxy) is 1. The molecule has 1 aromatic rings. The van der Waals surface area contributed by atoms with E-state index < -0.39 is 5.41 Å². The molecule has 1 aliphatic rings. The molecule has 0 saturated heterocycles. The Morgan fingerprint density at radius 2 is 1.79 bits per heavy atom. The van der Waals surface area contributed by atoms with Crippen molar-refractivity contribution in [1.29, 1.82) is 0 Å². The molecule has 1 fully saturated rings. The lowest BCUT2D eigenvalue weighted by Gasteiger charge is -2.19. The fraction of sp³-hybridized carbons (Fsp3) is 0.588. The number of esters is 1. The van der Waals surface area contributed by atoms with Gasteiger partial charge in [-0.2, -0.15) is 0 Å². The summed E-state index contributed by atoms with van der Waals surface area (Å²) in [7, 11) is 1.48. The standard InChI is InChI=1S/C17H24O2/c1-12(2)10-13-6-8-14(9-7-13)17(15(18)19-5)11-16(17,3)4/h6-9,12H,10-11H2,1-5H3. The third-order valence-electron chi connectivity index (χ3n) is 4.36. The molecule has 19 heavy (non-hydrogen) atoms. The zero-order valence-corrected chi connectivity index (χ0v) is 12.6. The van der Waals surface area contributed by atoms with E-state index in [0.29, 0.717) is 5.92 Å². The maximum Gasteiger partial charge on any atom is 0.316 e. The second-order valence-corrected chi connectivity index (χ2v) is 6.75. The van der Waals surface area contributed by atoms with Gasteiger partial charge in [-0.15, -0.1) is 0 Å². The molecule has 0 radical (unpaired) electrons. The van der Waals surface area contributed by atoms with Gasteiger partial charge in [-0.3, -0.25) is 4.79 Å². The second kappa shape index (κ2) is 4.66. The average molecular weight is 260 g/mol. The van der Waals surface area contributed by atoms with Gasteiger partial charge in [0.25, 0.3) is 0 Å². The molecule has 1 atom stereocenters. The summed E-state index contributed by atoms with van der Waals surface area (Å²) in [5.41, 5.74) is 1.99. The fourth-order valence-corrected chi connectivity index (χ4v) is 3.15. The summed E-state index contributed by atoms with van der Waals surface area (Å²) in [4.78, 5) is 12.2. The normalized spacial score (nSPS) is 24.3. The predicted octanol–water partition coefficient (Wildman–Crippen LogP) is 3.73.